The van der Waals surface area contributed by atoms with Crippen molar-refractivity contribution < 1.29 is 4.79 Å². The maximum atomic E-state index is 11.9. The molecule has 0 N–H and O–H groups in total. The van der Waals surface area contributed by atoms with Gasteiger partial charge < -0.3 is 0 Å². The Bertz CT molecular complexity index is 362. The minimum Gasteiger partial charge on any atom is -0.294 e. The molecule has 0 amide bonds. The topological polar surface area (TPSA) is 17.1 Å². The number of aryl methyl sites for hydroxylation is 1. The SMILES string of the molecule is CC1CCc2sc(C(C)C)cc2C1=O. The first-order valence-corrected chi connectivity index (χ1v) is 6.08. The van der Waals surface area contributed by atoms with Crippen LogP contribution in [0.5, 0.6) is 0 Å². The van der Waals surface area contributed by atoms with Gasteiger partial charge in [0, 0.05) is 21.2 Å². The molecule has 1 unspecified atom stereocenters. The van der Waals surface area contributed by atoms with Crippen LogP contribution in [-0.2, 0) is 6.42 Å². The second-order valence-electron chi connectivity index (χ2n) is 4.44. The van der Waals surface area contributed by atoms with Crippen LogP contribution in [-0.4, -0.2) is 5.78 Å². The molecule has 2 heteroatoms. The Hall–Kier alpha value is -0.630. The molecule has 0 saturated heterocycles. The van der Waals surface area contributed by atoms with E-state index in [0.29, 0.717) is 11.7 Å². The zero-order valence-electron chi connectivity index (χ0n) is 8.96. The van der Waals surface area contributed by atoms with Gasteiger partial charge in [-0.05, 0) is 24.8 Å². The molecule has 1 aliphatic carbocycles. The molecule has 1 aromatic heterocycles. The third kappa shape index (κ3) is 1.52. The van der Waals surface area contributed by atoms with E-state index in [4.69, 9.17) is 0 Å². The summed E-state index contributed by atoms with van der Waals surface area (Å²) in [4.78, 5) is 14.5. The quantitative estimate of drug-likeness (QED) is 0.688. The Balaban J connectivity index is 2.41. The van der Waals surface area contributed by atoms with E-state index in [1.54, 1.807) is 0 Å². The number of ketones is 1. The molecule has 1 heterocycles. The molecule has 14 heavy (non-hydrogen) atoms. The molecule has 0 radical (unpaired) electrons. The zero-order chi connectivity index (χ0) is 10.3. The number of carbonyl (C=O) groups excluding carboxylic acids is 1. The van der Waals surface area contributed by atoms with Crippen molar-refractivity contribution >= 4 is 17.1 Å². The largest absolute Gasteiger partial charge is 0.294 e. The highest BCUT2D eigenvalue weighted by Crippen LogP contribution is 2.35. The van der Waals surface area contributed by atoms with Crippen LogP contribution in [0.4, 0.5) is 0 Å². The lowest BCUT2D eigenvalue weighted by atomic mass is 9.88. The van der Waals surface area contributed by atoms with Crippen molar-refractivity contribution in [3.8, 4) is 0 Å². The average molecular weight is 208 g/mol. The minimum atomic E-state index is 0.233. The fourth-order valence-corrected chi connectivity index (χ4v) is 3.06. The molecule has 0 fully saturated rings. The number of rotatable bonds is 1. The maximum Gasteiger partial charge on any atom is 0.166 e. The summed E-state index contributed by atoms with van der Waals surface area (Å²) < 4.78 is 0. The standard InChI is InChI=1S/C12H16OS/c1-7(2)11-6-9-10(14-11)5-4-8(3)12(9)13/h6-8H,4-5H2,1-3H3. The fourth-order valence-electron chi connectivity index (χ4n) is 1.87. The Morgan fingerprint density at radius 2 is 2.21 bits per heavy atom. The van der Waals surface area contributed by atoms with Crippen LogP contribution in [0, 0.1) is 5.92 Å². The molecule has 1 nitrogen and oxygen atoms in total. The number of fused-ring (bicyclic) bond motifs is 1. The summed E-state index contributed by atoms with van der Waals surface area (Å²) in [6.45, 7) is 6.41. The molecule has 0 aromatic carbocycles. The molecule has 0 bridgehead atoms. The lowest BCUT2D eigenvalue weighted by molar-refractivity contribution is 0.0915. The summed E-state index contributed by atoms with van der Waals surface area (Å²) in [7, 11) is 0. The van der Waals surface area contributed by atoms with Crippen molar-refractivity contribution in [1.29, 1.82) is 0 Å². The minimum absolute atomic E-state index is 0.233. The normalized spacial score (nSPS) is 21.4. The number of thiophene rings is 1. The number of hydrogen-bond donors (Lipinski definition) is 0. The summed E-state index contributed by atoms with van der Waals surface area (Å²) in [6, 6.07) is 2.11. The van der Waals surface area contributed by atoms with Crippen molar-refractivity contribution in [2.24, 2.45) is 5.92 Å². The highest BCUT2D eigenvalue weighted by molar-refractivity contribution is 7.12. The van der Waals surface area contributed by atoms with Crippen LogP contribution in [0.25, 0.3) is 0 Å². The molecule has 0 saturated carbocycles. The monoisotopic (exact) mass is 208 g/mol. The van der Waals surface area contributed by atoms with Gasteiger partial charge in [0.05, 0.1) is 0 Å². The van der Waals surface area contributed by atoms with E-state index in [1.807, 2.05) is 18.3 Å². The van der Waals surface area contributed by atoms with E-state index < -0.39 is 0 Å². The fraction of sp³-hybridized carbons (Fsp3) is 0.583. The second kappa shape index (κ2) is 3.50. The van der Waals surface area contributed by atoms with Crippen molar-refractivity contribution in [2.45, 2.75) is 39.5 Å². The van der Waals surface area contributed by atoms with Gasteiger partial charge in [-0.15, -0.1) is 11.3 Å². The van der Waals surface area contributed by atoms with Gasteiger partial charge in [-0.25, -0.2) is 0 Å². The lowest BCUT2D eigenvalue weighted by Crippen LogP contribution is -2.17. The highest BCUT2D eigenvalue weighted by Gasteiger charge is 2.26. The molecule has 1 aliphatic rings. The van der Waals surface area contributed by atoms with Crippen LogP contribution in [0.15, 0.2) is 6.07 Å². The van der Waals surface area contributed by atoms with Gasteiger partial charge in [0.1, 0.15) is 0 Å². The highest BCUT2D eigenvalue weighted by atomic mass is 32.1. The lowest BCUT2D eigenvalue weighted by Gasteiger charge is -2.15. The van der Waals surface area contributed by atoms with Crippen LogP contribution in [0.2, 0.25) is 0 Å². The Labute approximate surface area is 89.1 Å². The van der Waals surface area contributed by atoms with Gasteiger partial charge >= 0.3 is 0 Å². The number of hydrogen-bond acceptors (Lipinski definition) is 2. The van der Waals surface area contributed by atoms with Gasteiger partial charge in [0.25, 0.3) is 0 Å². The summed E-state index contributed by atoms with van der Waals surface area (Å²) in [5.41, 5.74) is 1.01. The van der Waals surface area contributed by atoms with Crippen molar-refractivity contribution in [3.05, 3.63) is 21.4 Å². The third-order valence-electron chi connectivity index (χ3n) is 2.91. The zero-order valence-corrected chi connectivity index (χ0v) is 9.78. The van der Waals surface area contributed by atoms with E-state index in [-0.39, 0.29) is 5.92 Å². The Kier molecular flexibility index (Phi) is 2.48. The average Bonchev–Trinajstić information content (AvgIpc) is 2.56. The first kappa shape index (κ1) is 9.91. The van der Waals surface area contributed by atoms with Gasteiger partial charge in [-0.3, -0.25) is 4.79 Å². The summed E-state index contributed by atoms with van der Waals surface area (Å²) >= 11 is 1.83. The van der Waals surface area contributed by atoms with Crippen molar-refractivity contribution in [1.82, 2.24) is 0 Å². The number of Topliss-reactive ketones (excluding diaryl/α,β-unsaturated/α-hetero) is 1. The second-order valence-corrected chi connectivity index (χ2v) is 5.61. The van der Waals surface area contributed by atoms with E-state index in [1.165, 1.54) is 9.75 Å². The molecule has 2 rings (SSSR count). The third-order valence-corrected chi connectivity index (χ3v) is 4.41. The summed E-state index contributed by atoms with van der Waals surface area (Å²) in [5.74, 6) is 1.14. The Morgan fingerprint density at radius 1 is 1.50 bits per heavy atom. The smallest absolute Gasteiger partial charge is 0.166 e. The first-order chi connectivity index (χ1) is 6.59. The van der Waals surface area contributed by atoms with Crippen molar-refractivity contribution in [3.63, 3.8) is 0 Å². The molecule has 0 spiro atoms. The van der Waals surface area contributed by atoms with Crippen LogP contribution < -0.4 is 0 Å². The molecule has 76 valence electrons. The van der Waals surface area contributed by atoms with Gasteiger partial charge in [0.2, 0.25) is 0 Å². The van der Waals surface area contributed by atoms with E-state index in [0.717, 1.165) is 18.4 Å². The molecule has 1 atom stereocenters. The first-order valence-electron chi connectivity index (χ1n) is 5.26. The van der Waals surface area contributed by atoms with Crippen LogP contribution in [0.3, 0.4) is 0 Å². The predicted molar refractivity (Wildman–Crippen MR) is 60.2 cm³/mol. The van der Waals surface area contributed by atoms with Crippen LogP contribution >= 0.6 is 11.3 Å². The van der Waals surface area contributed by atoms with Gasteiger partial charge in [-0.2, -0.15) is 0 Å². The molecular formula is C12H16OS. The molecule has 0 aliphatic heterocycles. The van der Waals surface area contributed by atoms with E-state index in [9.17, 15) is 4.79 Å². The van der Waals surface area contributed by atoms with Crippen molar-refractivity contribution in [2.75, 3.05) is 0 Å². The van der Waals surface area contributed by atoms with Gasteiger partial charge in [-0.1, -0.05) is 20.8 Å². The Morgan fingerprint density at radius 3 is 2.86 bits per heavy atom. The van der Waals surface area contributed by atoms with E-state index >= 15 is 0 Å². The maximum absolute atomic E-state index is 11.9. The molecular weight excluding hydrogens is 192 g/mol. The van der Waals surface area contributed by atoms with Crippen LogP contribution in [0.1, 0.15) is 53.2 Å². The summed E-state index contributed by atoms with van der Waals surface area (Å²) in [6.07, 6.45) is 2.13. The molecule has 1 aromatic rings. The van der Waals surface area contributed by atoms with E-state index in [2.05, 4.69) is 19.9 Å². The van der Waals surface area contributed by atoms with Gasteiger partial charge in [0.15, 0.2) is 5.78 Å². The predicted octanol–water partition coefficient (Wildman–Crippen LogP) is 3.64. The summed E-state index contributed by atoms with van der Waals surface area (Å²) in [5, 5.41) is 0. The number of carbonyl (C=O) groups is 1.